The highest BCUT2D eigenvalue weighted by molar-refractivity contribution is 14.0. The summed E-state index contributed by atoms with van der Waals surface area (Å²) in [7, 11) is 3.88. The van der Waals surface area contributed by atoms with Gasteiger partial charge in [0.05, 0.1) is 0 Å². The molecule has 1 aliphatic rings. The Morgan fingerprint density at radius 1 is 1.25 bits per heavy atom. The molecule has 2 heterocycles. The van der Waals surface area contributed by atoms with Crippen LogP contribution < -0.4 is 10.6 Å². The molecule has 1 aromatic carbocycles. The highest BCUT2D eigenvalue weighted by atomic mass is 127. The molecule has 4 nitrogen and oxygen atoms in total. The van der Waals surface area contributed by atoms with E-state index in [4.69, 9.17) is 0 Å². The van der Waals surface area contributed by atoms with Crippen LogP contribution in [0.3, 0.4) is 0 Å². The molecule has 2 atom stereocenters. The van der Waals surface area contributed by atoms with Crippen molar-refractivity contribution in [1.29, 1.82) is 0 Å². The Labute approximate surface area is 186 Å². The van der Waals surface area contributed by atoms with Crippen molar-refractivity contribution in [1.82, 2.24) is 15.5 Å². The van der Waals surface area contributed by atoms with Gasteiger partial charge in [-0.15, -0.1) is 35.3 Å². The summed E-state index contributed by atoms with van der Waals surface area (Å²) in [4.78, 5) is 8.05. The van der Waals surface area contributed by atoms with Crippen LogP contribution in [-0.4, -0.2) is 38.0 Å². The topological polar surface area (TPSA) is 39.7 Å². The third-order valence-corrected chi connectivity index (χ3v) is 5.92. The Balaban J connectivity index is 0.00000280. The van der Waals surface area contributed by atoms with Gasteiger partial charge in [0.15, 0.2) is 5.96 Å². The summed E-state index contributed by atoms with van der Waals surface area (Å²) in [6.45, 7) is 2.22. The Morgan fingerprint density at radius 2 is 2.00 bits per heavy atom. The van der Waals surface area contributed by atoms with Gasteiger partial charge in [0, 0.05) is 37.1 Å². The fraction of sp³-hybridized carbons (Fsp3) is 0.450. The summed E-state index contributed by atoms with van der Waals surface area (Å²) in [6.07, 6.45) is 2.34. The number of piperidine rings is 1. The molecule has 2 unspecified atom stereocenters. The van der Waals surface area contributed by atoms with Crippen molar-refractivity contribution in [3.8, 4) is 0 Å². The molecule has 1 saturated heterocycles. The minimum Gasteiger partial charge on any atom is -0.356 e. The van der Waals surface area contributed by atoms with Gasteiger partial charge >= 0.3 is 0 Å². The lowest BCUT2D eigenvalue weighted by atomic mass is 9.88. The fourth-order valence-corrected chi connectivity index (χ4v) is 4.71. The second kappa shape index (κ2) is 11.1. The highest BCUT2D eigenvalue weighted by Gasteiger charge is 2.31. The Hall–Kier alpha value is -1.26. The maximum absolute atomic E-state index is 13.3. The zero-order chi connectivity index (χ0) is 19.2. The first kappa shape index (κ1) is 23.0. The number of hydrogen-bond donors (Lipinski definition) is 2. The molecule has 2 N–H and O–H groups in total. The Bertz CT molecular complexity index is 749. The normalized spacial score (nSPS) is 20.5. The van der Waals surface area contributed by atoms with E-state index in [-0.39, 0.29) is 24.0 Å². The molecule has 0 saturated carbocycles. The average molecular weight is 520 g/mol. The van der Waals surface area contributed by atoms with E-state index in [0.717, 1.165) is 25.6 Å². The largest absolute Gasteiger partial charge is 0.356 e. The molecule has 154 valence electrons. The summed E-state index contributed by atoms with van der Waals surface area (Å²) < 4.78 is 26.6. The maximum Gasteiger partial charge on any atom is 0.191 e. The predicted octanol–water partition coefficient (Wildman–Crippen LogP) is 4.39. The molecular weight excluding hydrogens is 493 g/mol. The van der Waals surface area contributed by atoms with E-state index in [1.807, 2.05) is 0 Å². The molecular formula is C20H27F2IN4S. The molecule has 1 aliphatic heterocycles. The van der Waals surface area contributed by atoms with E-state index in [1.165, 1.54) is 23.4 Å². The van der Waals surface area contributed by atoms with Gasteiger partial charge in [0.25, 0.3) is 0 Å². The number of benzene rings is 1. The molecule has 3 rings (SSSR count). The van der Waals surface area contributed by atoms with Crippen LogP contribution in [0, 0.1) is 17.6 Å². The minimum atomic E-state index is -0.571. The van der Waals surface area contributed by atoms with Crippen molar-refractivity contribution in [3.63, 3.8) is 0 Å². The number of thiophene rings is 1. The van der Waals surface area contributed by atoms with E-state index >= 15 is 0 Å². The maximum atomic E-state index is 13.3. The first-order valence-electron chi connectivity index (χ1n) is 9.20. The highest BCUT2D eigenvalue weighted by Crippen LogP contribution is 2.36. The summed E-state index contributed by atoms with van der Waals surface area (Å²) >= 11 is 1.80. The first-order chi connectivity index (χ1) is 13.1. The third-order valence-electron chi connectivity index (χ3n) is 4.98. The van der Waals surface area contributed by atoms with Crippen molar-refractivity contribution in [2.75, 3.05) is 27.2 Å². The lowest BCUT2D eigenvalue weighted by molar-refractivity contribution is 0.125. The van der Waals surface area contributed by atoms with Crippen molar-refractivity contribution in [2.45, 2.75) is 25.4 Å². The summed E-state index contributed by atoms with van der Waals surface area (Å²) in [5.74, 6) is -0.0250. The molecule has 0 spiro atoms. The zero-order valence-electron chi connectivity index (χ0n) is 16.1. The van der Waals surface area contributed by atoms with Gasteiger partial charge in [-0.2, -0.15) is 0 Å². The lowest BCUT2D eigenvalue weighted by Gasteiger charge is -2.39. The molecule has 0 aliphatic carbocycles. The third kappa shape index (κ3) is 6.12. The predicted molar refractivity (Wildman–Crippen MR) is 122 cm³/mol. The van der Waals surface area contributed by atoms with Gasteiger partial charge in [0.1, 0.15) is 11.6 Å². The molecule has 0 bridgehead atoms. The Kier molecular flexibility index (Phi) is 9.10. The van der Waals surface area contributed by atoms with E-state index < -0.39 is 11.6 Å². The number of hydrogen-bond acceptors (Lipinski definition) is 3. The molecule has 28 heavy (non-hydrogen) atoms. The van der Waals surface area contributed by atoms with Gasteiger partial charge in [0.2, 0.25) is 0 Å². The van der Waals surface area contributed by atoms with Crippen molar-refractivity contribution >= 4 is 41.3 Å². The van der Waals surface area contributed by atoms with E-state index in [9.17, 15) is 8.78 Å². The van der Waals surface area contributed by atoms with Crippen LogP contribution in [-0.2, 0) is 6.54 Å². The summed E-state index contributed by atoms with van der Waals surface area (Å²) in [6, 6.07) is 8.24. The molecule has 0 radical (unpaired) electrons. The first-order valence-corrected chi connectivity index (χ1v) is 10.1. The van der Waals surface area contributed by atoms with Crippen LogP contribution in [0.25, 0.3) is 0 Å². The zero-order valence-corrected chi connectivity index (χ0v) is 19.3. The lowest BCUT2D eigenvalue weighted by Crippen LogP contribution is -2.44. The smallest absolute Gasteiger partial charge is 0.191 e. The van der Waals surface area contributed by atoms with Crippen LogP contribution in [0.4, 0.5) is 8.78 Å². The number of rotatable bonds is 5. The van der Waals surface area contributed by atoms with Gasteiger partial charge in [-0.05, 0) is 61.5 Å². The number of nitrogens with one attached hydrogen (secondary N) is 2. The Morgan fingerprint density at radius 3 is 2.64 bits per heavy atom. The molecule has 8 heteroatoms. The average Bonchev–Trinajstić information content (AvgIpc) is 3.15. The number of guanidine groups is 1. The number of likely N-dealkylation sites (tertiary alicyclic amines) is 1. The van der Waals surface area contributed by atoms with Crippen LogP contribution >= 0.6 is 35.3 Å². The van der Waals surface area contributed by atoms with Crippen molar-refractivity contribution in [3.05, 3.63) is 57.8 Å². The van der Waals surface area contributed by atoms with Crippen molar-refractivity contribution in [2.24, 2.45) is 10.9 Å². The molecule has 0 amide bonds. The second-order valence-electron chi connectivity index (χ2n) is 6.93. The molecule has 1 fully saturated rings. The fourth-order valence-electron chi connectivity index (χ4n) is 3.73. The number of nitrogens with zero attached hydrogens (tertiary/aromatic N) is 2. The minimum absolute atomic E-state index is 0. The van der Waals surface area contributed by atoms with E-state index in [0.29, 0.717) is 30.0 Å². The van der Waals surface area contributed by atoms with Crippen molar-refractivity contribution < 1.29 is 8.78 Å². The van der Waals surface area contributed by atoms with E-state index in [2.05, 4.69) is 45.1 Å². The number of aliphatic imine (C=N–C) groups is 1. The summed E-state index contributed by atoms with van der Waals surface area (Å²) in [5.41, 5.74) is 0.546. The number of halogens is 3. The standard InChI is InChI=1S/C20H26F2N4S.HI/c1-23-20(24-12-14-9-16(21)11-17(22)10-14)25-13-15-5-3-7-26(2)19(15)18-6-4-8-27-18;/h4,6,8-11,15,19H,3,5,7,12-13H2,1-2H3,(H2,23,24,25);1H. The second-order valence-corrected chi connectivity index (χ2v) is 7.91. The van der Waals surface area contributed by atoms with Crippen LogP contribution in [0.2, 0.25) is 0 Å². The van der Waals surface area contributed by atoms with Crippen LogP contribution in [0.5, 0.6) is 0 Å². The SMILES string of the molecule is CN=C(NCc1cc(F)cc(F)c1)NCC1CCCN(C)C1c1cccs1.I. The monoisotopic (exact) mass is 520 g/mol. The van der Waals surface area contributed by atoms with E-state index in [1.54, 1.807) is 18.4 Å². The van der Waals surface area contributed by atoms with Gasteiger partial charge < -0.3 is 10.6 Å². The van der Waals surface area contributed by atoms with Gasteiger partial charge in [-0.1, -0.05) is 6.07 Å². The van der Waals surface area contributed by atoms with Crippen LogP contribution in [0.15, 0.2) is 40.7 Å². The molecule has 1 aromatic heterocycles. The quantitative estimate of drug-likeness (QED) is 0.349. The molecule has 2 aromatic rings. The van der Waals surface area contributed by atoms with Gasteiger partial charge in [-0.3, -0.25) is 9.89 Å². The van der Waals surface area contributed by atoms with Crippen LogP contribution in [0.1, 0.15) is 29.3 Å². The summed E-state index contributed by atoms with van der Waals surface area (Å²) in [5, 5.41) is 8.64. The van der Waals surface area contributed by atoms with Gasteiger partial charge in [-0.25, -0.2) is 8.78 Å².